The quantitative estimate of drug-likeness (QED) is 0.520. The number of hydrazone groups is 1. The summed E-state index contributed by atoms with van der Waals surface area (Å²) in [7, 11) is 1.38. The van der Waals surface area contributed by atoms with Crippen molar-refractivity contribution in [1.29, 1.82) is 0 Å². The maximum atomic E-state index is 13.7. The fraction of sp³-hybridized carbons (Fsp3) is 0.133. The van der Waals surface area contributed by atoms with Gasteiger partial charge >= 0.3 is 0 Å². The van der Waals surface area contributed by atoms with Gasteiger partial charge in [0.05, 0.1) is 17.7 Å². The number of anilines is 1. The fourth-order valence-electron chi connectivity index (χ4n) is 1.83. The van der Waals surface area contributed by atoms with Crippen LogP contribution in [0.15, 0.2) is 47.6 Å². The van der Waals surface area contributed by atoms with Gasteiger partial charge in [0.1, 0.15) is 5.69 Å². The average molecular weight is 303 g/mol. The van der Waals surface area contributed by atoms with Crippen molar-refractivity contribution in [3.63, 3.8) is 0 Å². The second kappa shape index (κ2) is 6.66. The van der Waals surface area contributed by atoms with Crippen molar-refractivity contribution in [2.45, 2.75) is 6.92 Å². The molecule has 0 unspecified atom stereocenters. The zero-order chi connectivity index (χ0) is 16.1. The molecule has 0 atom stereocenters. The van der Waals surface area contributed by atoms with Crippen molar-refractivity contribution < 1.29 is 14.1 Å². The van der Waals surface area contributed by atoms with Gasteiger partial charge in [-0.25, -0.2) is 4.39 Å². The van der Waals surface area contributed by atoms with Crippen molar-refractivity contribution >= 4 is 17.1 Å². The van der Waals surface area contributed by atoms with Crippen LogP contribution < -0.4 is 10.2 Å². The van der Waals surface area contributed by atoms with Gasteiger partial charge in [-0.2, -0.15) is 5.10 Å². The number of benzene rings is 2. The first-order chi connectivity index (χ1) is 10.5. The Balaban J connectivity index is 2.23. The number of methoxy groups -OCH3 is 1. The van der Waals surface area contributed by atoms with E-state index >= 15 is 0 Å². The van der Waals surface area contributed by atoms with Crippen LogP contribution in [0.3, 0.4) is 0 Å². The Morgan fingerprint density at radius 2 is 2.05 bits per heavy atom. The van der Waals surface area contributed by atoms with Crippen molar-refractivity contribution in [1.82, 2.24) is 0 Å². The third kappa shape index (κ3) is 3.38. The van der Waals surface area contributed by atoms with Gasteiger partial charge in [0.15, 0.2) is 11.6 Å². The summed E-state index contributed by atoms with van der Waals surface area (Å²) in [6.45, 7) is 1.67. The molecule has 6 nitrogen and oxygen atoms in total. The van der Waals surface area contributed by atoms with Gasteiger partial charge in [-0.05, 0) is 31.2 Å². The van der Waals surface area contributed by atoms with Crippen LogP contribution >= 0.6 is 0 Å². The highest BCUT2D eigenvalue weighted by molar-refractivity contribution is 5.99. The zero-order valence-electron chi connectivity index (χ0n) is 12.0. The highest BCUT2D eigenvalue weighted by atomic mass is 19.1. The molecule has 2 aromatic rings. The summed E-state index contributed by atoms with van der Waals surface area (Å²) in [5.74, 6) is -0.358. The monoisotopic (exact) mass is 303 g/mol. The third-order valence-electron chi connectivity index (χ3n) is 3.01. The molecule has 0 fully saturated rings. The normalized spacial score (nSPS) is 11.1. The van der Waals surface area contributed by atoms with Crippen molar-refractivity contribution in [2.24, 2.45) is 5.10 Å². The van der Waals surface area contributed by atoms with Gasteiger partial charge in [-0.3, -0.25) is 15.5 Å². The summed E-state index contributed by atoms with van der Waals surface area (Å²) in [6, 6.07) is 10.6. The molecule has 0 aliphatic heterocycles. The van der Waals surface area contributed by atoms with E-state index in [2.05, 4.69) is 10.5 Å². The summed E-state index contributed by atoms with van der Waals surface area (Å²) in [6.07, 6.45) is 0. The van der Waals surface area contributed by atoms with Crippen LogP contribution in [0.1, 0.15) is 12.5 Å². The number of nitrogens with one attached hydrogen (secondary N) is 1. The van der Waals surface area contributed by atoms with Crippen LogP contribution in [0.4, 0.5) is 15.8 Å². The molecule has 2 rings (SSSR count). The zero-order valence-corrected chi connectivity index (χ0v) is 12.0. The van der Waals surface area contributed by atoms with Crippen molar-refractivity contribution in [3.05, 3.63) is 64.0 Å². The average Bonchev–Trinajstić information content (AvgIpc) is 2.52. The Morgan fingerprint density at radius 3 is 2.68 bits per heavy atom. The Morgan fingerprint density at radius 1 is 1.32 bits per heavy atom. The van der Waals surface area contributed by atoms with Crippen LogP contribution in [0.2, 0.25) is 0 Å². The smallest absolute Gasteiger partial charge is 0.294 e. The molecule has 0 aliphatic carbocycles. The lowest BCUT2D eigenvalue weighted by molar-refractivity contribution is -0.384. The van der Waals surface area contributed by atoms with E-state index in [4.69, 9.17) is 4.74 Å². The Bertz CT molecular complexity index is 732. The lowest BCUT2D eigenvalue weighted by atomic mass is 10.1. The molecule has 0 saturated heterocycles. The van der Waals surface area contributed by atoms with E-state index in [0.717, 1.165) is 0 Å². The largest absolute Gasteiger partial charge is 0.494 e. The number of nitro groups is 1. The Labute approximate surface area is 126 Å². The van der Waals surface area contributed by atoms with Crippen LogP contribution in [-0.2, 0) is 0 Å². The molecular weight excluding hydrogens is 289 g/mol. The highest BCUT2D eigenvalue weighted by Gasteiger charge is 2.12. The third-order valence-corrected chi connectivity index (χ3v) is 3.01. The predicted molar refractivity (Wildman–Crippen MR) is 81.9 cm³/mol. The minimum absolute atomic E-state index is 0.0834. The Hall–Kier alpha value is -2.96. The topological polar surface area (TPSA) is 76.8 Å². The predicted octanol–water partition coefficient (Wildman–Crippen LogP) is 3.58. The van der Waals surface area contributed by atoms with E-state index in [1.807, 2.05) is 0 Å². The van der Waals surface area contributed by atoms with E-state index in [1.165, 1.54) is 25.3 Å². The first kappa shape index (κ1) is 15.4. The van der Waals surface area contributed by atoms with Gasteiger partial charge in [0.25, 0.3) is 5.69 Å². The summed E-state index contributed by atoms with van der Waals surface area (Å²) in [5.41, 5.74) is 3.85. The molecule has 1 N–H and O–H groups in total. The summed E-state index contributed by atoms with van der Waals surface area (Å²) in [5, 5.41) is 15.0. The van der Waals surface area contributed by atoms with Gasteiger partial charge in [-0.15, -0.1) is 0 Å². The lowest BCUT2D eigenvalue weighted by Gasteiger charge is -2.06. The van der Waals surface area contributed by atoms with E-state index < -0.39 is 10.7 Å². The van der Waals surface area contributed by atoms with Crippen LogP contribution in [0.5, 0.6) is 5.75 Å². The standard InChI is InChI=1S/C15H14FN3O3/c1-10(11-7-8-15(22-2)12(16)9-11)17-18-13-5-3-4-6-14(13)19(20)21/h3-9,18H,1-2H3/b17-10-. The molecule has 0 aliphatic rings. The lowest BCUT2D eigenvalue weighted by Crippen LogP contribution is -2.02. The number of rotatable bonds is 5. The maximum absolute atomic E-state index is 13.7. The number of hydrogen-bond donors (Lipinski definition) is 1. The number of hydrogen-bond acceptors (Lipinski definition) is 5. The number of ether oxygens (including phenoxy) is 1. The molecule has 114 valence electrons. The minimum atomic E-state index is -0.500. The van der Waals surface area contributed by atoms with Crippen LogP contribution in [0.25, 0.3) is 0 Å². The Kier molecular flexibility index (Phi) is 4.67. The van der Waals surface area contributed by atoms with Gasteiger partial charge in [-0.1, -0.05) is 12.1 Å². The molecule has 0 heterocycles. The molecule has 0 radical (unpaired) electrons. The first-order valence-corrected chi connectivity index (χ1v) is 6.40. The molecule has 0 spiro atoms. The van der Waals surface area contributed by atoms with Crippen molar-refractivity contribution in [3.8, 4) is 5.75 Å². The molecular formula is C15H14FN3O3. The number of nitrogens with zero attached hydrogens (tertiary/aromatic N) is 2. The molecule has 0 bridgehead atoms. The number of nitro benzene ring substituents is 1. The van der Waals surface area contributed by atoms with E-state index in [9.17, 15) is 14.5 Å². The van der Waals surface area contributed by atoms with E-state index in [-0.39, 0.29) is 17.1 Å². The van der Waals surface area contributed by atoms with Crippen molar-refractivity contribution in [2.75, 3.05) is 12.5 Å². The SMILES string of the molecule is COc1ccc(/C(C)=N\Nc2ccccc2[N+](=O)[O-])cc1F. The van der Waals surface area contributed by atoms with E-state index in [0.29, 0.717) is 11.3 Å². The minimum Gasteiger partial charge on any atom is -0.494 e. The van der Waals surface area contributed by atoms with Crippen LogP contribution in [0, 0.1) is 15.9 Å². The molecule has 22 heavy (non-hydrogen) atoms. The fourth-order valence-corrected chi connectivity index (χ4v) is 1.83. The van der Waals surface area contributed by atoms with E-state index in [1.54, 1.807) is 31.2 Å². The highest BCUT2D eigenvalue weighted by Crippen LogP contribution is 2.23. The molecule has 0 saturated carbocycles. The van der Waals surface area contributed by atoms with Gasteiger partial charge in [0.2, 0.25) is 0 Å². The second-order valence-corrected chi connectivity index (χ2v) is 4.43. The maximum Gasteiger partial charge on any atom is 0.294 e. The van der Waals surface area contributed by atoms with Gasteiger partial charge in [0, 0.05) is 11.6 Å². The number of halogens is 1. The second-order valence-electron chi connectivity index (χ2n) is 4.43. The molecule has 0 amide bonds. The molecule has 2 aromatic carbocycles. The first-order valence-electron chi connectivity index (χ1n) is 6.40. The number of para-hydroxylation sites is 2. The summed E-state index contributed by atoms with van der Waals surface area (Å²) in [4.78, 5) is 10.4. The summed E-state index contributed by atoms with van der Waals surface area (Å²) < 4.78 is 18.5. The molecule has 7 heteroatoms. The summed E-state index contributed by atoms with van der Waals surface area (Å²) >= 11 is 0. The molecule has 0 aromatic heterocycles. The van der Waals surface area contributed by atoms with Gasteiger partial charge < -0.3 is 4.74 Å². The van der Waals surface area contributed by atoms with Crippen LogP contribution in [-0.4, -0.2) is 17.7 Å².